The number of hydrogen-bond donors (Lipinski definition) is 0. The molecular formula is C11H11BrFNOS. The van der Waals surface area contributed by atoms with Crippen molar-refractivity contribution >= 4 is 39.3 Å². The summed E-state index contributed by atoms with van der Waals surface area (Å²) in [6.45, 7) is 3.85. The third kappa shape index (κ3) is 1.98. The van der Waals surface area contributed by atoms with E-state index in [0.717, 1.165) is 0 Å². The Bertz CT molecular complexity index is 450. The molecule has 5 heteroatoms. The van der Waals surface area contributed by atoms with Gasteiger partial charge in [-0.15, -0.1) is 11.8 Å². The number of amides is 1. The summed E-state index contributed by atoms with van der Waals surface area (Å²) >= 11 is 4.52. The van der Waals surface area contributed by atoms with Crippen LogP contribution in [-0.4, -0.2) is 17.7 Å². The van der Waals surface area contributed by atoms with Crippen LogP contribution in [0, 0.1) is 5.82 Å². The van der Waals surface area contributed by atoms with Gasteiger partial charge < -0.3 is 4.90 Å². The van der Waals surface area contributed by atoms with Crippen LogP contribution in [-0.2, 0) is 4.79 Å². The highest BCUT2D eigenvalue weighted by Crippen LogP contribution is 2.40. The molecule has 1 aliphatic rings. The van der Waals surface area contributed by atoms with Gasteiger partial charge in [-0.1, -0.05) is 15.9 Å². The van der Waals surface area contributed by atoms with E-state index in [9.17, 15) is 9.18 Å². The molecule has 0 atom stereocenters. The zero-order valence-corrected chi connectivity index (χ0v) is 11.4. The van der Waals surface area contributed by atoms with Gasteiger partial charge in [-0.05, 0) is 26.0 Å². The molecule has 1 aromatic carbocycles. The van der Waals surface area contributed by atoms with Crippen molar-refractivity contribution in [3.63, 3.8) is 0 Å². The Labute approximate surface area is 106 Å². The van der Waals surface area contributed by atoms with Crippen LogP contribution in [0.1, 0.15) is 13.8 Å². The van der Waals surface area contributed by atoms with Crippen molar-refractivity contribution in [2.24, 2.45) is 0 Å². The summed E-state index contributed by atoms with van der Waals surface area (Å²) in [5, 5.41) is 0. The fraction of sp³-hybridized carbons (Fsp3) is 0.364. The molecule has 1 aliphatic heterocycles. The molecule has 0 unspecified atom stereocenters. The van der Waals surface area contributed by atoms with E-state index in [2.05, 4.69) is 15.9 Å². The van der Waals surface area contributed by atoms with Crippen molar-refractivity contribution in [1.82, 2.24) is 0 Å². The van der Waals surface area contributed by atoms with Crippen molar-refractivity contribution in [1.29, 1.82) is 0 Å². The molecule has 0 saturated carbocycles. The SMILES string of the molecule is CC(C)N1C(=O)CSc2c(F)cc(Br)cc21. The highest BCUT2D eigenvalue weighted by atomic mass is 79.9. The van der Waals surface area contributed by atoms with E-state index in [-0.39, 0.29) is 17.8 Å². The Morgan fingerprint density at radius 1 is 1.50 bits per heavy atom. The minimum absolute atomic E-state index is 0.0324. The van der Waals surface area contributed by atoms with Gasteiger partial charge in [0, 0.05) is 10.5 Å². The average Bonchev–Trinajstić information content (AvgIpc) is 2.15. The molecule has 1 amide bonds. The molecule has 0 spiro atoms. The van der Waals surface area contributed by atoms with Crippen LogP contribution >= 0.6 is 27.7 Å². The Kier molecular flexibility index (Phi) is 3.26. The zero-order valence-electron chi connectivity index (χ0n) is 8.96. The van der Waals surface area contributed by atoms with Gasteiger partial charge in [-0.3, -0.25) is 4.79 Å². The summed E-state index contributed by atoms with van der Waals surface area (Å²) in [5.41, 5.74) is 0.670. The molecule has 86 valence electrons. The highest BCUT2D eigenvalue weighted by Gasteiger charge is 2.29. The van der Waals surface area contributed by atoms with Crippen LogP contribution in [0.15, 0.2) is 21.5 Å². The fourth-order valence-corrected chi connectivity index (χ4v) is 3.10. The Morgan fingerprint density at radius 3 is 2.81 bits per heavy atom. The first-order valence-corrected chi connectivity index (χ1v) is 6.72. The average molecular weight is 304 g/mol. The minimum atomic E-state index is -0.271. The molecule has 16 heavy (non-hydrogen) atoms. The van der Waals surface area contributed by atoms with E-state index in [0.29, 0.717) is 20.8 Å². The van der Waals surface area contributed by atoms with Crippen molar-refractivity contribution in [3.8, 4) is 0 Å². The number of hydrogen-bond acceptors (Lipinski definition) is 2. The van der Waals surface area contributed by atoms with Crippen LogP contribution in [0.4, 0.5) is 10.1 Å². The first-order valence-electron chi connectivity index (χ1n) is 4.94. The summed E-state index contributed by atoms with van der Waals surface area (Å²) in [4.78, 5) is 14.0. The second-order valence-corrected chi connectivity index (χ2v) is 5.78. The Balaban J connectivity index is 2.58. The maximum absolute atomic E-state index is 13.7. The van der Waals surface area contributed by atoms with Gasteiger partial charge >= 0.3 is 0 Å². The number of anilines is 1. The van der Waals surface area contributed by atoms with Gasteiger partial charge in [0.1, 0.15) is 5.82 Å². The first-order chi connectivity index (χ1) is 7.50. The Morgan fingerprint density at radius 2 is 2.19 bits per heavy atom. The molecule has 2 rings (SSSR count). The largest absolute Gasteiger partial charge is 0.308 e. The molecule has 0 bridgehead atoms. The molecular weight excluding hydrogens is 293 g/mol. The van der Waals surface area contributed by atoms with E-state index in [1.165, 1.54) is 17.8 Å². The summed E-state index contributed by atoms with van der Waals surface area (Å²) in [7, 11) is 0. The van der Waals surface area contributed by atoms with E-state index < -0.39 is 0 Å². The molecule has 0 aliphatic carbocycles. The maximum atomic E-state index is 13.7. The standard InChI is InChI=1S/C11H11BrFNOS/c1-6(2)14-9-4-7(12)3-8(13)11(9)16-5-10(14)15/h3-4,6H,5H2,1-2H3. The summed E-state index contributed by atoms with van der Waals surface area (Å²) in [6.07, 6.45) is 0. The number of carbonyl (C=O) groups is 1. The van der Waals surface area contributed by atoms with Crippen molar-refractivity contribution in [3.05, 3.63) is 22.4 Å². The number of carbonyl (C=O) groups excluding carboxylic acids is 1. The van der Waals surface area contributed by atoms with E-state index >= 15 is 0 Å². The number of thioether (sulfide) groups is 1. The molecule has 1 heterocycles. The minimum Gasteiger partial charge on any atom is -0.308 e. The molecule has 0 fully saturated rings. The van der Waals surface area contributed by atoms with Crippen LogP contribution < -0.4 is 4.90 Å². The molecule has 0 saturated heterocycles. The lowest BCUT2D eigenvalue weighted by atomic mass is 10.2. The summed E-state index contributed by atoms with van der Waals surface area (Å²) in [5.74, 6) is 0.0709. The molecule has 0 aromatic heterocycles. The molecule has 0 radical (unpaired) electrons. The van der Waals surface area contributed by atoms with E-state index in [1.807, 2.05) is 13.8 Å². The summed E-state index contributed by atoms with van der Waals surface area (Å²) in [6, 6.07) is 3.27. The van der Waals surface area contributed by atoms with Gasteiger partial charge in [-0.25, -0.2) is 4.39 Å². The van der Waals surface area contributed by atoms with Crippen molar-refractivity contribution < 1.29 is 9.18 Å². The van der Waals surface area contributed by atoms with Crippen LogP contribution in [0.2, 0.25) is 0 Å². The number of nitrogens with zero attached hydrogens (tertiary/aromatic N) is 1. The highest BCUT2D eigenvalue weighted by molar-refractivity contribution is 9.10. The summed E-state index contributed by atoms with van der Waals surface area (Å²) < 4.78 is 14.4. The van der Waals surface area contributed by atoms with E-state index in [4.69, 9.17) is 0 Å². The van der Waals surface area contributed by atoms with Gasteiger partial charge in [0.25, 0.3) is 0 Å². The smallest absolute Gasteiger partial charge is 0.237 e. The van der Waals surface area contributed by atoms with Crippen LogP contribution in [0.3, 0.4) is 0 Å². The van der Waals surface area contributed by atoms with Gasteiger partial charge in [0.2, 0.25) is 5.91 Å². The lowest BCUT2D eigenvalue weighted by Crippen LogP contribution is -2.40. The van der Waals surface area contributed by atoms with Crippen LogP contribution in [0.5, 0.6) is 0 Å². The van der Waals surface area contributed by atoms with Gasteiger partial charge in [-0.2, -0.15) is 0 Å². The lowest BCUT2D eigenvalue weighted by molar-refractivity contribution is -0.116. The predicted octanol–water partition coefficient (Wildman–Crippen LogP) is 3.44. The second-order valence-electron chi connectivity index (χ2n) is 3.88. The zero-order chi connectivity index (χ0) is 11.9. The number of halogens is 2. The van der Waals surface area contributed by atoms with Crippen LogP contribution in [0.25, 0.3) is 0 Å². The molecule has 0 N–H and O–H groups in total. The van der Waals surface area contributed by atoms with Gasteiger partial charge in [0.15, 0.2) is 0 Å². The first kappa shape index (κ1) is 11.9. The third-order valence-electron chi connectivity index (χ3n) is 2.37. The normalized spacial score (nSPS) is 15.6. The predicted molar refractivity (Wildman–Crippen MR) is 67.4 cm³/mol. The Hall–Kier alpha value is -0.550. The van der Waals surface area contributed by atoms with Crippen molar-refractivity contribution in [2.45, 2.75) is 24.8 Å². The fourth-order valence-electron chi connectivity index (χ4n) is 1.77. The number of rotatable bonds is 1. The second kappa shape index (κ2) is 4.37. The van der Waals surface area contributed by atoms with Crippen molar-refractivity contribution in [2.75, 3.05) is 10.7 Å². The topological polar surface area (TPSA) is 20.3 Å². The number of benzene rings is 1. The monoisotopic (exact) mass is 303 g/mol. The van der Waals surface area contributed by atoms with E-state index in [1.54, 1.807) is 11.0 Å². The molecule has 2 nitrogen and oxygen atoms in total. The third-order valence-corrected chi connectivity index (χ3v) is 3.92. The quantitative estimate of drug-likeness (QED) is 0.792. The number of fused-ring (bicyclic) bond motifs is 1. The van der Waals surface area contributed by atoms with Gasteiger partial charge in [0.05, 0.1) is 16.3 Å². The lowest BCUT2D eigenvalue weighted by Gasteiger charge is -2.32. The molecule has 1 aromatic rings. The maximum Gasteiger partial charge on any atom is 0.237 e.